The summed E-state index contributed by atoms with van der Waals surface area (Å²) in [6.45, 7) is 9.61. The number of nitrogens with zero attached hydrogens (tertiary/aromatic N) is 2. The number of esters is 1. The molecule has 148 valence electrons. The van der Waals surface area contributed by atoms with Gasteiger partial charge in [-0.3, -0.25) is 9.69 Å². The number of amides is 1. The van der Waals surface area contributed by atoms with Gasteiger partial charge in [-0.25, -0.2) is 4.79 Å². The summed E-state index contributed by atoms with van der Waals surface area (Å²) in [5.41, 5.74) is 2.05. The quantitative estimate of drug-likeness (QED) is 0.758. The molecule has 0 unspecified atom stereocenters. The molecule has 1 atom stereocenters. The lowest BCUT2D eigenvalue weighted by molar-refractivity contribution is -0.144. The van der Waals surface area contributed by atoms with E-state index in [0.29, 0.717) is 19.0 Å². The van der Waals surface area contributed by atoms with E-state index in [4.69, 9.17) is 9.47 Å². The van der Waals surface area contributed by atoms with Gasteiger partial charge in [0.25, 0.3) is 0 Å². The molecule has 0 radical (unpaired) electrons. The molecule has 6 nitrogen and oxygen atoms in total. The summed E-state index contributed by atoms with van der Waals surface area (Å²) in [6, 6.07) is 8.61. The van der Waals surface area contributed by atoms with Crippen LogP contribution < -0.4 is 0 Å². The van der Waals surface area contributed by atoms with Crippen LogP contribution in [-0.2, 0) is 20.8 Å². The summed E-state index contributed by atoms with van der Waals surface area (Å²) in [4.78, 5) is 27.7. The summed E-state index contributed by atoms with van der Waals surface area (Å²) < 4.78 is 10.2. The summed E-state index contributed by atoms with van der Waals surface area (Å²) in [7, 11) is 1.45. The van der Waals surface area contributed by atoms with Crippen LogP contribution in [0.3, 0.4) is 0 Å². The van der Waals surface area contributed by atoms with Crippen molar-refractivity contribution in [2.24, 2.45) is 5.92 Å². The van der Waals surface area contributed by atoms with Crippen LogP contribution in [0.4, 0.5) is 4.79 Å². The molecule has 1 aromatic carbocycles. The van der Waals surface area contributed by atoms with Crippen molar-refractivity contribution in [3.05, 3.63) is 35.4 Å². The van der Waals surface area contributed by atoms with E-state index < -0.39 is 5.60 Å². The van der Waals surface area contributed by atoms with Gasteiger partial charge in [0.1, 0.15) is 5.60 Å². The molecule has 27 heavy (non-hydrogen) atoms. The van der Waals surface area contributed by atoms with Gasteiger partial charge in [0.05, 0.1) is 13.0 Å². The second kappa shape index (κ2) is 7.89. The van der Waals surface area contributed by atoms with Crippen LogP contribution in [0.25, 0.3) is 0 Å². The highest BCUT2D eigenvalue weighted by Crippen LogP contribution is 2.29. The molecule has 0 aliphatic carbocycles. The third-order valence-electron chi connectivity index (χ3n) is 5.20. The van der Waals surface area contributed by atoms with E-state index in [-0.39, 0.29) is 18.0 Å². The van der Waals surface area contributed by atoms with Gasteiger partial charge < -0.3 is 14.4 Å². The molecular formula is C21H30N2O4. The van der Waals surface area contributed by atoms with Crippen molar-refractivity contribution in [2.45, 2.75) is 45.3 Å². The Balaban J connectivity index is 1.46. The molecule has 2 aliphatic heterocycles. The van der Waals surface area contributed by atoms with Gasteiger partial charge in [-0.05, 0) is 44.9 Å². The number of benzene rings is 1. The number of hydrogen-bond donors (Lipinski definition) is 0. The van der Waals surface area contributed by atoms with E-state index in [1.165, 1.54) is 18.2 Å². The maximum absolute atomic E-state index is 12.0. The van der Waals surface area contributed by atoms with E-state index in [2.05, 4.69) is 29.2 Å². The molecule has 2 saturated heterocycles. The zero-order valence-electron chi connectivity index (χ0n) is 16.7. The van der Waals surface area contributed by atoms with E-state index in [1.807, 2.05) is 20.8 Å². The SMILES string of the molecule is COC(=O)[C@H]1CCN(Cc2ccc(C3CN(C(=O)OC(C)(C)C)C3)cc2)C1. The lowest BCUT2D eigenvalue weighted by atomic mass is 9.91. The van der Waals surface area contributed by atoms with Crippen molar-refractivity contribution < 1.29 is 19.1 Å². The van der Waals surface area contributed by atoms with Crippen molar-refractivity contribution >= 4 is 12.1 Å². The van der Waals surface area contributed by atoms with Gasteiger partial charge in [0.2, 0.25) is 0 Å². The molecule has 0 saturated carbocycles. The normalized spacial score (nSPS) is 21.0. The Labute approximate surface area is 161 Å². The first-order chi connectivity index (χ1) is 12.7. The fourth-order valence-electron chi connectivity index (χ4n) is 3.65. The number of hydrogen-bond acceptors (Lipinski definition) is 5. The number of rotatable bonds is 4. The topological polar surface area (TPSA) is 59.1 Å². The van der Waals surface area contributed by atoms with Crippen LogP contribution in [0.1, 0.15) is 44.2 Å². The largest absolute Gasteiger partial charge is 0.469 e. The highest BCUT2D eigenvalue weighted by molar-refractivity contribution is 5.72. The van der Waals surface area contributed by atoms with Crippen molar-refractivity contribution in [1.29, 1.82) is 0 Å². The number of carbonyl (C=O) groups excluding carboxylic acids is 2. The maximum atomic E-state index is 12.0. The Morgan fingerprint density at radius 3 is 2.37 bits per heavy atom. The smallest absolute Gasteiger partial charge is 0.410 e. The molecule has 0 aromatic heterocycles. The van der Waals surface area contributed by atoms with Crippen LogP contribution in [0.15, 0.2) is 24.3 Å². The second-order valence-electron chi connectivity index (χ2n) is 8.57. The highest BCUT2D eigenvalue weighted by atomic mass is 16.6. The van der Waals surface area contributed by atoms with Gasteiger partial charge in [0.15, 0.2) is 0 Å². The van der Waals surface area contributed by atoms with E-state index in [0.717, 1.165) is 26.1 Å². The predicted octanol–water partition coefficient (Wildman–Crippen LogP) is 3.02. The lowest BCUT2D eigenvalue weighted by Gasteiger charge is -2.40. The van der Waals surface area contributed by atoms with Gasteiger partial charge in [0, 0.05) is 32.1 Å². The minimum absolute atomic E-state index is 0.00286. The zero-order valence-corrected chi connectivity index (χ0v) is 16.7. The molecule has 1 amide bonds. The summed E-state index contributed by atoms with van der Waals surface area (Å²) in [5, 5.41) is 0. The summed E-state index contributed by atoms with van der Waals surface area (Å²) >= 11 is 0. The van der Waals surface area contributed by atoms with Crippen molar-refractivity contribution in [3.8, 4) is 0 Å². The lowest BCUT2D eigenvalue weighted by Crippen LogP contribution is -2.50. The molecule has 2 heterocycles. The molecule has 0 spiro atoms. The molecule has 0 N–H and O–H groups in total. The van der Waals surface area contributed by atoms with Crippen molar-refractivity contribution in [2.75, 3.05) is 33.3 Å². The Hall–Kier alpha value is -2.08. The van der Waals surface area contributed by atoms with E-state index in [1.54, 1.807) is 4.90 Å². The average molecular weight is 374 g/mol. The van der Waals surface area contributed by atoms with Gasteiger partial charge in [-0.2, -0.15) is 0 Å². The first-order valence-electron chi connectivity index (χ1n) is 9.62. The fourth-order valence-corrected chi connectivity index (χ4v) is 3.65. The summed E-state index contributed by atoms with van der Waals surface area (Å²) in [5.74, 6) is 0.275. The average Bonchev–Trinajstić information content (AvgIpc) is 3.01. The number of likely N-dealkylation sites (tertiary alicyclic amines) is 2. The van der Waals surface area contributed by atoms with Crippen molar-refractivity contribution in [3.63, 3.8) is 0 Å². The first-order valence-corrected chi connectivity index (χ1v) is 9.62. The van der Waals surface area contributed by atoms with Crippen LogP contribution in [0.2, 0.25) is 0 Å². The van der Waals surface area contributed by atoms with Gasteiger partial charge in [-0.1, -0.05) is 24.3 Å². The molecule has 2 aliphatic rings. The Bertz CT molecular complexity index is 674. The fraction of sp³-hybridized carbons (Fsp3) is 0.619. The molecule has 2 fully saturated rings. The Morgan fingerprint density at radius 1 is 1.11 bits per heavy atom. The molecule has 0 bridgehead atoms. The molecule has 6 heteroatoms. The number of carbonyl (C=O) groups is 2. The minimum atomic E-state index is -0.452. The van der Waals surface area contributed by atoms with Gasteiger partial charge in [-0.15, -0.1) is 0 Å². The standard InChI is InChI=1S/C21H30N2O4/c1-21(2,3)27-20(25)23-13-18(14-23)16-7-5-15(6-8-16)11-22-10-9-17(12-22)19(24)26-4/h5-8,17-18H,9-14H2,1-4H3/t17-/m0/s1. The molecule has 3 rings (SSSR count). The van der Waals surface area contributed by atoms with E-state index >= 15 is 0 Å². The van der Waals surface area contributed by atoms with Crippen molar-refractivity contribution in [1.82, 2.24) is 9.80 Å². The first kappa shape index (κ1) is 19.7. The third-order valence-corrected chi connectivity index (χ3v) is 5.20. The van der Waals surface area contributed by atoms with E-state index in [9.17, 15) is 9.59 Å². The van der Waals surface area contributed by atoms with Gasteiger partial charge >= 0.3 is 12.1 Å². The monoisotopic (exact) mass is 374 g/mol. The predicted molar refractivity (Wildman–Crippen MR) is 102 cm³/mol. The van der Waals surface area contributed by atoms with Crippen LogP contribution in [-0.4, -0.2) is 60.8 Å². The third kappa shape index (κ3) is 5.01. The maximum Gasteiger partial charge on any atom is 0.410 e. The van der Waals surface area contributed by atoms with Crippen LogP contribution in [0.5, 0.6) is 0 Å². The summed E-state index contributed by atoms with van der Waals surface area (Å²) in [6.07, 6.45) is 0.636. The molecular weight excluding hydrogens is 344 g/mol. The second-order valence-corrected chi connectivity index (χ2v) is 8.57. The minimum Gasteiger partial charge on any atom is -0.469 e. The Morgan fingerprint density at radius 2 is 1.78 bits per heavy atom. The highest BCUT2D eigenvalue weighted by Gasteiger charge is 2.34. The van der Waals surface area contributed by atoms with Crippen LogP contribution in [0, 0.1) is 5.92 Å². The zero-order chi connectivity index (χ0) is 19.6. The molecule has 1 aromatic rings. The number of methoxy groups -OCH3 is 1. The van der Waals surface area contributed by atoms with Crippen LogP contribution >= 0.6 is 0 Å². The number of ether oxygens (including phenoxy) is 2. The Kier molecular flexibility index (Phi) is 5.75.